The van der Waals surface area contributed by atoms with E-state index in [1.807, 2.05) is 21.1 Å². The van der Waals surface area contributed by atoms with Gasteiger partial charge in [-0.1, -0.05) is 463 Å². The lowest BCUT2D eigenvalue weighted by Gasteiger charge is -2.26. The molecule has 0 N–H and O–H groups in total. The highest BCUT2D eigenvalue weighted by atomic mass is 16.7. The third-order valence-corrected chi connectivity index (χ3v) is 20.9. The van der Waals surface area contributed by atoms with Crippen molar-refractivity contribution >= 4 is 17.9 Å². The van der Waals surface area contributed by atoms with Gasteiger partial charge in [0.1, 0.15) is 13.2 Å². The number of esters is 2. The Morgan fingerprint density at radius 2 is 0.464 bits per heavy atom. The van der Waals surface area contributed by atoms with Crippen molar-refractivity contribution < 1.29 is 42.9 Å². The van der Waals surface area contributed by atoms with Crippen LogP contribution in [0.3, 0.4) is 0 Å². The van der Waals surface area contributed by atoms with Gasteiger partial charge < -0.3 is 33.3 Å². The van der Waals surface area contributed by atoms with E-state index in [1.54, 1.807) is 0 Å². The van der Waals surface area contributed by atoms with Crippen LogP contribution < -0.4 is 5.11 Å². The quantitative estimate of drug-likeness (QED) is 0.0256. The lowest BCUT2D eigenvalue weighted by molar-refractivity contribution is -0.870. The monoisotopic (exact) mass is 1370 g/mol. The first kappa shape index (κ1) is 95.3. The molecule has 0 aromatic heterocycles. The number of nitrogens with zero attached hydrogens (tertiary/aromatic N) is 1. The summed E-state index contributed by atoms with van der Waals surface area (Å²) in [6.45, 7) is 4.87. The molecule has 0 heterocycles. The van der Waals surface area contributed by atoms with Crippen molar-refractivity contribution in [3.05, 3.63) is 0 Å². The fourth-order valence-corrected chi connectivity index (χ4v) is 14.1. The Morgan fingerprint density at radius 3 is 0.660 bits per heavy atom. The minimum atomic E-state index is -1.62. The number of rotatable bonds is 85. The molecule has 0 aliphatic heterocycles. The second kappa shape index (κ2) is 80.0. The highest BCUT2D eigenvalue weighted by molar-refractivity contribution is 5.70. The van der Waals surface area contributed by atoms with E-state index >= 15 is 0 Å². The number of carboxylic acid groups (broad SMARTS) is 1. The van der Waals surface area contributed by atoms with Gasteiger partial charge in [0.2, 0.25) is 0 Å². The van der Waals surface area contributed by atoms with E-state index in [2.05, 4.69) is 13.8 Å². The molecule has 2 unspecified atom stereocenters. The molecule has 0 saturated carbocycles. The Hall–Kier alpha value is -1.71. The largest absolute Gasteiger partial charge is 0.545 e. The average molecular weight is 1370 g/mol. The molecule has 0 radical (unpaired) electrons. The number of carboxylic acids is 1. The van der Waals surface area contributed by atoms with Gasteiger partial charge in [-0.2, -0.15) is 0 Å². The Bertz CT molecular complexity index is 1550. The minimum Gasteiger partial charge on any atom is -0.545 e. The third kappa shape index (κ3) is 81.5. The topological polar surface area (TPSA) is 111 Å². The summed E-state index contributed by atoms with van der Waals surface area (Å²) in [5.41, 5.74) is 0. The van der Waals surface area contributed by atoms with Gasteiger partial charge in [0, 0.05) is 12.8 Å². The molecule has 0 spiro atoms. The van der Waals surface area contributed by atoms with Crippen LogP contribution in [0.2, 0.25) is 0 Å². The molecule has 97 heavy (non-hydrogen) atoms. The number of hydrogen-bond acceptors (Lipinski definition) is 8. The lowest BCUT2D eigenvalue weighted by atomic mass is 10.0. The molecule has 0 amide bonds. The summed E-state index contributed by atoms with van der Waals surface area (Å²) in [5, 5.41) is 11.9. The summed E-state index contributed by atoms with van der Waals surface area (Å²) in [6, 6.07) is 0. The molecular weight excluding hydrogens is 1200 g/mol. The van der Waals surface area contributed by atoms with Crippen LogP contribution in [0.25, 0.3) is 0 Å². The van der Waals surface area contributed by atoms with E-state index in [0.717, 1.165) is 38.5 Å². The summed E-state index contributed by atoms with van der Waals surface area (Å²) < 4.78 is 22.9. The normalized spacial score (nSPS) is 12.5. The minimum absolute atomic E-state index is 0.154. The van der Waals surface area contributed by atoms with Gasteiger partial charge in [0.05, 0.1) is 40.3 Å². The number of likely N-dealkylation sites (N-methyl/N-ethyl adjacent to an activating group) is 1. The van der Waals surface area contributed by atoms with Gasteiger partial charge in [0.25, 0.3) is 0 Å². The maximum absolute atomic E-state index is 13.0. The molecule has 0 rings (SSSR count). The SMILES string of the molecule is CCCCCCCCCCCCCCCCCCCCCCCCCCCCCCCCCCCCCCC(=O)OCC(COC(OCC[N+](C)(C)C)C(=O)[O-])OC(=O)CCCCCCCCCCCCCCCCCCCCCCCCCCCCCCCCCCCCCC. The van der Waals surface area contributed by atoms with Crippen molar-refractivity contribution in [2.45, 2.75) is 501 Å². The number of unbranched alkanes of at least 4 members (excludes halogenated alkanes) is 70. The Labute approximate surface area is 606 Å². The zero-order chi connectivity index (χ0) is 70.4. The maximum atomic E-state index is 13.0. The third-order valence-electron chi connectivity index (χ3n) is 20.9. The Morgan fingerprint density at radius 1 is 0.268 bits per heavy atom. The molecule has 9 heteroatoms. The number of quaternary nitrogens is 1. The van der Waals surface area contributed by atoms with Crippen molar-refractivity contribution in [3.8, 4) is 0 Å². The first-order valence-corrected chi connectivity index (χ1v) is 44.2. The average Bonchev–Trinajstić information content (AvgIpc) is 3.61. The van der Waals surface area contributed by atoms with E-state index in [1.165, 1.54) is 424 Å². The first-order valence-electron chi connectivity index (χ1n) is 44.2. The van der Waals surface area contributed by atoms with Gasteiger partial charge in [-0.15, -0.1) is 0 Å². The van der Waals surface area contributed by atoms with Gasteiger partial charge in [-0.05, 0) is 12.8 Å². The number of aliphatic carboxylic acids is 1. The van der Waals surface area contributed by atoms with Crippen molar-refractivity contribution in [3.63, 3.8) is 0 Å². The fraction of sp³-hybridized carbons (Fsp3) is 0.966. The van der Waals surface area contributed by atoms with E-state index in [9.17, 15) is 19.5 Å². The number of ether oxygens (including phenoxy) is 4. The second-order valence-corrected chi connectivity index (χ2v) is 31.9. The molecule has 2 atom stereocenters. The van der Waals surface area contributed by atoms with Crippen LogP contribution in [0.15, 0.2) is 0 Å². The standard InChI is InChI=1S/C88H173NO8/c1-6-8-10-12-14-16-18-20-22-24-26-28-30-32-34-36-38-40-42-44-46-48-50-52-54-56-58-60-62-64-66-68-70-72-74-76-78-85(90)95-82-84(83-96-88(87(92)93)94-81-80-89(3,4)5)97-86(91)79-77-75-73-71-69-67-65-63-61-59-57-55-53-51-49-47-45-43-41-39-37-35-33-31-29-27-25-23-21-19-17-15-13-11-9-7-2/h84,88H,6-83H2,1-5H3. The van der Waals surface area contributed by atoms with Crippen LogP contribution >= 0.6 is 0 Å². The summed E-state index contributed by atoms with van der Waals surface area (Å²) >= 11 is 0. The zero-order valence-electron chi connectivity index (χ0n) is 66.5. The van der Waals surface area contributed by atoms with E-state index in [-0.39, 0.29) is 32.2 Å². The molecule has 0 aliphatic carbocycles. The second-order valence-electron chi connectivity index (χ2n) is 31.9. The van der Waals surface area contributed by atoms with Gasteiger partial charge >= 0.3 is 11.9 Å². The molecule has 0 aromatic rings. The van der Waals surface area contributed by atoms with Crippen molar-refractivity contribution in [1.29, 1.82) is 0 Å². The van der Waals surface area contributed by atoms with E-state index < -0.39 is 24.3 Å². The molecular formula is C88H173NO8. The van der Waals surface area contributed by atoms with Gasteiger partial charge in [0.15, 0.2) is 12.4 Å². The highest BCUT2D eigenvalue weighted by Crippen LogP contribution is 2.22. The van der Waals surface area contributed by atoms with Crippen LogP contribution in [0.4, 0.5) is 0 Å². The van der Waals surface area contributed by atoms with Crippen molar-refractivity contribution in [2.24, 2.45) is 0 Å². The Kier molecular flexibility index (Phi) is 78.6. The van der Waals surface area contributed by atoms with E-state index in [0.29, 0.717) is 17.4 Å². The van der Waals surface area contributed by atoms with Gasteiger partial charge in [-0.3, -0.25) is 9.59 Å². The predicted molar refractivity (Wildman–Crippen MR) is 417 cm³/mol. The summed E-state index contributed by atoms with van der Waals surface area (Å²) in [4.78, 5) is 37.7. The molecule has 0 bridgehead atoms. The van der Waals surface area contributed by atoms with Crippen molar-refractivity contribution in [1.82, 2.24) is 0 Å². The van der Waals surface area contributed by atoms with Crippen LogP contribution in [-0.2, 0) is 33.3 Å². The number of hydrogen-bond donors (Lipinski definition) is 0. The maximum Gasteiger partial charge on any atom is 0.306 e. The van der Waals surface area contributed by atoms with Crippen LogP contribution in [-0.4, -0.2) is 82.3 Å². The molecule has 0 aliphatic rings. The summed E-state index contributed by atoms with van der Waals surface area (Å²) in [6.07, 6.45) is 97.1. The molecule has 578 valence electrons. The van der Waals surface area contributed by atoms with Crippen LogP contribution in [0, 0.1) is 0 Å². The highest BCUT2D eigenvalue weighted by Gasteiger charge is 2.22. The lowest BCUT2D eigenvalue weighted by Crippen LogP contribution is -2.44. The zero-order valence-corrected chi connectivity index (χ0v) is 66.5. The summed E-state index contributed by atoms with van der Waals surface area (Å²) in [5.74, 6) is -2.24. The molecule has 0 aromatic carbocycles. The van der Waals surface area contributed by atoms with Crippen molar-refractivity contribution in [2.75, 3.05) is 47.5 Å². The summed E-state index contributed by atoms with van der Waals surface area (Å²) in [7, 11) is 5.96. The van der Waals surface area contributed by atoms with E-state index in [4.69, 9.17) is 18.9 Å². The molecule has 0 fully saturated rings. The predicted octanol–water partition coefficient (Wildman–Crippen LogP) is 27.2. The Balaban J connectivity index is 3.89. The smallest absolute Gasteiger partial charge is 0.306 e. The van der Waals surface area contributed by atoms with Crippen LogP contribution in [0.5, 0.6) is 0 Å². The van der Waals surface area contributed by atoms with Gasteiger partial charge in [-0.25, -0.2) is 0 Å². The molecule has 9 nitrogen and oxygen atoms in total. The number of carbonyl (C=O) groups excluding carboxylic acids is 3. The number of carbonyl (C=O) groups is 3. The first-order chi connectivity index (χ1) is 47.6. The fourth-order valence-electron chi connectivity index (χ4n) is 14.1. The molecule has 0 saturated heterocycles. The van der Waals surface area contributed by atoms with Crippen LogP contribution in [0.1, 0.15) is 489 Å².